The molecule has 6 rings (SSSR count). The Balaban J connectivity index is 1.42. The smallest absolute Gasteiger partial charge is 0.417 e. The number of imidazole rings is 1. The quantitative estimate of drug-likeness (QED) is 0.306. The normalized spacial score (nSPS) is 16.8. The van der Waals surface area contributed by atoms with Crippen molar-refractivity contribution in [2.75, 3.05) is 32.6 Å². The van der Waals surface area contributed by atoms with E-state index in [9.17, 15) is 14.0 Å². The highest BCUT2D eigenvalue weighted by Gasteiger charge is 2.39. The van der Waals surface area contributed by atoms with Crippen molar-refractivity contribution in [3.63, 3.8) is 0 Å². The Hall–Kier alpha value is -4.35. The van der Waals surface area contributed by atoms with Crippen LogP contribution in [0.25, 0.3) is 16.9 Å². The number of nitrogens with one attached hydrogen (secondary N) is 1. The molecule has 5 heterocycles. The van der Waals surface area contributed by atoms with Gasteiger partial charge in [0.25, 0.3) is 5.91 Å². The lowest BCUT2D eigenvalue weighted by molar-refractivity contribution is 0.0248. The third kappa shape index (κ3) is 5.70. The second-order valence-electron chi connectivity index (χ2n) is 12.3. The van der Waals surface area contributed by atoms with Crippen LogP contribution in [-0.4, -0.2) is 69.1 Å². The fourth-order valence-corrected chi connectivity index (χ4v) is 5.68. The lowest BCUT2D eigenvalue weighted by Crippen LogP contribution is -2.37. The summed E-state index contributed by atoms with van der Waals surface area (Å²) in [5.41, 5.74) is 4.65. The van der Waals surface area contributed by atoms with Crippen molar-refractivity contribution in [2.24, 2.45) is 0 Å². The molecule has 1 N–H and O–H groups in total. The van der Waals surface area contributed by atoms with E-state index in [4.69, 9.17) is 14.5 Å². The van der Waals surface area contributed by atoms with Gasteiger partial charge < -0.3 is 19.7 Å². The number of benzene rings is 1. The number of fused-ring (bicyclic) bond motifs is 2. The number of hydrogen-bond donors (Lipinski definition) is 1. The van der Waals surface area contributed by atoms with Crippen LogP contribution < -0.4 is 5.32 Å². The molecule has 2 aliphatic heterocycles. The molecule has 0 bridgehead atoms. The predicted octanol–water partition coefficient (Wildman–Crippen LogP) is 5.74. The second kappa shape index (κ2) is 11.1. The largest absolute Gasteiger partial charge is 0.443 e. The lowest BCUT2D eigenvalue weighted by atomic mass is 9.96. The number of hydrogen-bond acceptors (Lipinski definition) is 8. The van der Waals surface area contributed by atoms with Crippen LogP contribution >= 0.6 is 0 Å². The van der Waals surface area contributed by atoms with Crippen molar-refractivity contribution < 1.29 is 23.5 Å². The maximum atomic E-state index is 13.9. The van der Waals surface area contributed by atoms with Gasteiger partial charge in [-0.3, -0.25) is 9.20 Å². The number of aromatic nitrogens is 3. The number of anilines is 2. The molecule has 10 nitrogen and oxygen atoms in total. The van der Waals surface area contributed by atoms with Gasteiger partial charge >= 0.3 is 6.09 Å². The summed E-state index contributed by atoms with van der Waals surface area (Å²) < 4.78 is 26.8. The van der Waals surface area contributed by atoms with Gasteiger partial charge in [0.15, 0.2) is 0 Å². The van der Waals surface area contributed by atoms with Gasteiger partial charge in [0, 0.05) is 36.9 Å². The van der Waals surface area contributed by atoms with Crippen molar-refractivity contribution in [1.29, 1.82) is 0 Å². The van der Waals surface area contributed by atoms with Gasteiger partial charge in [-0.2, -0.15) is 0 Å². The van der Waals surface area contributed by atoms with Crippen LogP contribution in [0, 0.1) is 5.82 Å². The third-order valence-corrected chi connectivity index (χ3v) is 7.56. The van der Waals surface area contributed by atoms with Crippen molar-refractivity contribution in [2.45, 2.75) is 51.8 Å². The van der Waals surface area contributed by atoms with Crippen molar-refractivity contribution >= 4 is 29.2 Å². The van der Waals surface area contributed by atoms with Crippen LogP contribution in [0.2, 0.25) is 0 Å². The van der Waals surface area contributed by atoms with Crippen LogP contribution in [0.4, 0.5) is 20.7 Å². The van der Waals surface area contributed by atoms with Gasteiger partial charge in [0.2, 0.25) is 0 Å². The fraction of sp³-hybridized carbons (Fsp3) is 0.375. The zero-order valence-corrected chi connectivity index (χ0v) is 25.0. The zero-order valence-electron chi connectivity index (χ0n) is 25.0. The van der Waals surface area contributed by atoms with Crippen LogP contribution in [0.1, 0.15) is 60.3 Å². The monoisotopic (exact) mass is 586 g/mol. The van der Waals surface area contributed by atoms with Gasteiger partial charge in [-0.25, -0.2) is 24.1 Å². The number of halogens is 1. The fourth-order valence-electron chi connectivity index (χ4n) is 5.68. The molecular formula is C32H35FN6O4. The maximum Gasteiger partial charge on any atom is 0.417 e. The summed E-state index contributed by atoms with van der Waals surface area (Å²) in [7, 11) is 4.00. The molecule has 0 radical (unpaired) electrons. The SMILES string of the molecule is CN(C)Cc1nc(Nc2ccc(-c3cnc4cc(F)ccn34)c3c2C(=O)N(C(=O)OC(C)(C)C)C3)ccc1[C@@H]1CCOC1. The minimum Gasteiger partial charge on any atom is -0.443 e. The lowest BCUT2D eigenvalue weighted by Gasteiger charge is -2.23. The number of rotatable bonds is 6. The highest BCUT2D eigenvalue weighted by atomic mass is 19.1. The van der Waals surface area contributed by atoms with E-state index in [-0.39, 0.29) is 6.54 Å². The molecule has 0 saturated carbocycles. The maximum absolute atomic E-state index is 13.9. The molecule has 1 saturated heterocycles. The molecule has 1 fully saturated rings. The molecule has 0 unspecified atom stereocenters. The molecule has 43 heavy (non-hydrogen) atoms. The first-order valence-corrected chi connectivity index (χ1v) is 14.3. The molecule has 224 valence electrons. The summed E-state index contributed by atoms with van der Waals surface area (Å²) in [6.07, 6.45) is 3.47. The summed E-state index contributed by atoms with van der Waals surface area (Å²) in [4.78, 5) is 39.5. The number of carbonyl (C=O) groups excluding carboxylic acids is 2. The molecule has 2 aliphatic rings. The highest BCUT2D eigenvalue weighted by molar-refractivity contribution is 6.11. The zero-order chi connectivity index (χ0) is 30.5. The standard InChI is InChI=1S/C32H35FN6O4/c1-32(2,3)43-31(41)39-16-23-22(26-15-34-28-14-20(33)10-12-38(26)28)6-8-24(29(23)30(39)40)35-27-9-7-21(19-11-13-42-18-19)25(36-27)17-37(4)5/h6-10,12,14-15,19H,11,13,16-18H2,1-5H3,(H,35,36)/t19-/m1/s1. The third-order valence-electron chi connectivity index (χ3n) is 7.56. The number of carbonyl (C=O) groups is 2. The van der Waals surface area contributed by atoms with Crippen molar-refractivity contribution in [3.8, 4) is 11.3 Å². The number of nitrogens with zero attached hydrogens (tertiary/aromatic N) is 5. The Kier molecular flexibility index (Phi) is 7.39. The van der Waals surface area contributed by atoms with E-state index in [1.807, 2.05) is 26.2 Å². The molecule has 2 amide bonds. The van der Waals surface area contributed by atoms with E-state index in [1.54, 1.807) is 43.6 Å². The number of pyridine rings is 2. The average Bonchev–Trinajstić information content (AvgIpc) is 3.67. The Morgan fingerprint density at radius 2 is 2.02 bits per heavy atom. The molecule has 11 heteroatoms. The first-order valence-electron chi connectivity index (χ1n) is 14.3. The van der Waals surface area contributed by atoms with Crippen LogP contribution in [0.5, 0.6) is 0 Å². The van der Waals surface area contributed by atoms with Crippen LogP contribution in [-0.2, 0) is 22.6 Å². The Morgan fingerprint density at radius 1 is 1.21 bits per heavy atom. The molecule has 0 aliphatic carbocycles. The van der Waals surface area contributed by atoms with Gasteiger partial charge in [0.1, 0.15) is 22.9 Å². The molecule has 4 aromatic rings. The van der Waals surface area contributed by atoms with E-state index in [1.165, 1.54) is 12.1 Å². The second-order valence-corrected chi connectivity index (χ2v) is 12.3. The summed E-state index contributed by atoms with van der Waals surface area (Å²) in [6.45, 7) is 7.35. The predicted molar refractivity (Wildman–Crippen MR) is 160 cm³/mol. The first-order chi connectivity index (χ1) is 20.5. The van der Waals surface area contributed by atoms with E-state index < -0.39 is 23.4 Å². The number of amides is 2. The molecule has 0 spiro atoms. The Morgan fingerprint density at radius 3 is 2.74 bits per heavy atom. The Labute approximate surface area is 249 Å². The summed E-state index contributed by atoms with van der Waals surface area (Å²) in [6, 6.07) is 10.4. The molecule has 3 aromatic heterocycles. The van der Waals surface area contributed by atoms with Crippen LogP contribution in [0.15, 0.2) is 48.8 Å². The minimum atomic E-state index is -0.777. The summed E-state index contributed by atoms with van der Waals surface area (Å²) in [5.74, 6) is 0.0150. The first kappa shape index (κ1) is 28.8. The molecule has 1 aromatic carbocycles. The van der Waals surface area contributed by atoms with E-state index in [0.717, 1.165) is 29.2 Å². The molecule has 1 atom stereocenters. The Bertz CT molecular complexity index is 1720. The van der Waals surface area contributed by atoms with Gasteiger partial charge in [-0.15, -0.1) is 0 Å². The summed E-state index contributed by atoms with van der Waals surface area (Å²) >= 11 is 0. The van der Waals surface area contributed by atoms with E-state index in [2.05, 4.69) is 21.3 Å². The van der Waals surface area contributed by atoms with E-state index in [0.29, 0.717) is 58.6 Å². The topological polar surface area (TPSA) is 101 Å². The summed E-state index contributed by atoms with van der Waals surface area (Å²) in [5, 5.41) is 3.36. The highest BCUT2D eigenvalue weighted by Crippen LogP contribution is 2.39. The van der Waals surface area contributed by atoms with Gasteiger partial charge in [-0.1, -0.05) is 12.1 Å². The van der Waals surface area contributed by atoms with Crippen molar-refractivity contribution in [3.05, 3.63) is 77.0 Å². The minimum absolute atomic E-state index is 0.0162. The number of imide groups is 1. The van der Waals surface area contributed by atoms with Gasteiger partial charge in [0.05, 0.1) is 42.0 Å². The van der Waals surface area contributed by atoms with E-state index >= 15 is 0 Å². The number of ether oxygens (including phenoxy) is 2. The van der Waals surface area contributed by atoms with Crippen LogP contribution in [0.3, 0.4) is 0 Å². The average molecular weight is 587 g/mol. The molecular weight excluding hydrogens is 551 g/mol. The van der Waals surface area contributed by atoms with Crippen molar-refractivity contribution in [1.82, 2.24) is 24.2 Å². The van der Waals surface area contributed by atoms with Gasteiger partial charge in [-0.05, 0) is 70.6 Å².